The van der Waals surface area contributed by atoms with Crippen molar-refractivity contribution >= 4 is 28.3 Å². The Morgan fingerprint density at radius 1 is 1.09 bits per heavy atom. The maximum absolute atomic E-state index is 11.1. The second-order valence-corrected chi connectivity index (χ2v) is 5.44. The topological polar surface area (TPSA) is 66.8 Å². The van der Waals surface area contributed by atoms with Crippen molar-refractivity contribution in [3.8, 4) is 11.5 Å². The van der Waals surface area contributed by atoms with Gasteiger partial charge in [-0.25, -0.2) is 4.79 Å². The number of aromatic carboxylic acids is 1. The molecule has 3 aromatic rings. The smallest absolute Gasteiger partial charge is 0.339 e. The van der Waals surface area contributed by atoms with Crippen LogP contribution in [-0.4, -0.2) is 16.2 Å². The zero-order valence-corrected chi connectivity index (χ0v) is 12.7. The Labute approximate surface area is 137 Å². The van der Waals surface area contributed by atoms with Gasteiger partial charge in [0.15, 0.2) is 0 Å². The van der Waals surface area contributed by atoms with Crippen molar-refractivity contribution in [2.45, 2.75) is 6.61 Å². The van der Waals surface area contributed by atoms with Crippen molar-refractivity contribution in [2.75, 3.05) is 0 Å². The fourth-order valence-corrected chi connectivity index (χ4v) is 2.61. The van der Waals surface area contributed by atoms with Gasteiger partial charge in [-0.2, -0.15) is 0 Å². The van der Waals surface area contributed by atoms with Gasteiger partial charge < -0.3 is 14.9 Å². The molecule has 2 N–H and O–H groups in total. The molecule has 3 aromatic carbocycles. The minimum Gasteiger partial charge on any atom is -0.505 e. The molecule has 0 aliphatic heterocycles. The highest BCUT2D eigenvalue weighted by Gasteiger charge is 2.15. The predicted octanol–water partition coefficient (Wildman–Crippen LogP) is 4.48. The van der Waals surface area contributed by atoms with E-state index in [1.54, 1.807) is 0 Å². The second kappa shape index (κ2) is 6.18. The van der Waals surface area contributed by atoms with Gasteiger partial charge in [0.05, 0.1) is 5.02 Å². The molecule has 0 atom stereocenters. The minimum absolute atomic E-state index is 0.0576. The van der Waals surface area contributed by atoms with E-state index in [0.717, 1.165) is 16.3 Å². The molecule has 0 saturated carbocycles. The minimum atomic E-state index is -1.26. The highest BCUT2D eigenvalue weighted by molar-refractivity contribution is 6.32. The molecule has 0 heterocycles. The molecule has 23 heavy (non-hydrogen) atoms. The van der Waals surface area contributed by atoms with Crippen molar-refractivity contribution in [3.05, 3.63) is 70.7 Å². The Kier molecular flexibility index (Phi) is 4.08. The lowest BCUT2D eigenvalue weighted by Gasteiger charge is -2.11. The summed E-state index contributed by atoms with van der Waals surface area (Å²) >= 11 is 5.85. The summed E-state index contributed by atoms with van der Waals surface area (Å²) in [5.74, 6) is -1.44. The van der Waals surface area contributed by atoms with Gasteiger partial charge in [-0.3, -0.25) is 0 Å². The van der Waals surface area contributed by atoms with E-state index < -0.39 is 11.7 Å². The summed E-state index contributed by atoms with van der Waals surface area (Å²) in [5.41, 5.74) is 0.689. The number of ether oxygens (including phenoxy) is 1. The molecule has 0 saturated heterocycles. The van der Waals surface area contributed by atoms with Crippen LogP contribution in [0.25, 0.3) is 10.8 Å². The van der Waals surface area contributed by atoms with Gasteiger partial charge in [0.1, 0.15) is 23.7 Å². The summed E-state index contributed by atoms with van der Waals surface area (Å²) in [6.07, 6.45) is 0. The van der Waals surface area contributed by atoms with E-state index in [9.17, 15) is 9.90 Å². The number of halogens is 1. The van der Waals surface area contributed by atoms with E-state index in [0.29, 0.717) is 0 Å². The third kappa shape index (κ3) is 3.07. The molecule has 3 rings (SSSR count). The molecule has 5 heteroatoms. The fraction of sp³-hybridized carbons (Fsp3) is 0.0556. The van der Waals surface area contributed by atoms with Crippen molar-refractivity contribution in [3.63, 3.8) is 0 Å². The van der Waals surface area contributed by atoms with Crippen LogP contribution in [0.1, 0.15) is 15.9 Å². The van der Waals surface area contributed by atoms with Crippen LogP contribution < -0.4 is 4.74 Å². The molecule has 116 valence electrons. The lowest BCUT2D eigenvalue weighted by Crippen LogP contribution is -2.01. The molecule has 0 aliphatic rings. The lowest BCUT2D eigenvalue weighted by molar-refractivity contribution is 0.0693. The number of hydrogen-bond acceptors (Lipinski definition) is 3. The average Bonchev–Trinajstić information content (AvgIpc) is 2.55. The monoisotopic (exact) mass is 328 g/mol. The maximum atomic E-state index is 11.1. The number of phenols is 1. The van der Waals surface area contributed by atoms with E-state index in [4.69, 9.17) is 21.4 Å². The third-order valence-corrected chi connectivity index (χ3v) is 3.83. The first kappa shape index (κ1) is 15.2. The molecule has 0 aliphatic carbocycles. The Morgan fingerprint density at radius 3 is 2.61 bits per heavy atom. The number of benzene rings is 3. The number of carboxylic acids is 1. The highest BCUT2D eigenvalue weighted by atomic mass is 35.5. The average molecular weight is 329 g/mol. The fourth-order valence-electron chi connectivity index (χ4n) is 2.40. The molecule has 0 aromatic heterocycles. The quantitative estimate of drug-likeness (QED) is 0.741. The number of rotatable bonds is 4. The van der Waals surface area contributed by atoms with Crippen LogP contribution in [0.4, 0.5) is 0 Å². The SMILES string of the molecule is O=C(O)c1cc(OCc2cccc3ccccc23)cc(Cl)c1O. The first-order valence-electron chi connectivity index (χ1n) is 6.91. The zero-order chi connectivity index (χ0) is 16.4. The Bertz CT molecular complexity index is 884. The van der Waals surface area contributed by atoms with Crippen LogP contribution in [0.15, 0.2) is 54.6 Å². The normalized spacial score (nSPS) is 10.7. The Hall–Kier alpha value is -2.72. The zero-order valence-electron chi connectivity index (χ0n) is 12.0. The van der Waals surface area contributed by atoms with E-state index >= 15 is 0 Å². The molecule has 0 fully saturated rings. The first-order valence-corrected chi connectivity index (χ1v) is 7.29. The first-order chi connectivity index (χ1) is 11.1. The van der Waals surface area contributed by atoms with Crippen LogP contribution in [-0.2, 0) is 6.61 Å². The number of hydrogen-bond donors (Lipinski definition) is 2. The molecule has 0 radical (unpaired) electrons. The molecule has 0 spiro atoms. The number of fused-ring (bicyclic) bond motifs is 1. The maximum Gasteiger partial charge on any atom is 0.339 e. The highest BCUT2D eigenvalue weighted by Crippen LogP contribution is 2.33. The summed E-state index contributed by atoms with van der Waals surface area (Å²) in [6, 6.07) is 16.5. The predicted molar refractivity (Wildman–Crippen MR) is 88.4 cm³/mol. The van der Waals surface area contributed by atoms with E-state index in [1.165, 1.54) is 12.1 Å². The van der Waals surface area contributed by atoms with Crippen LogP contribution in [0.2, 0.25) is 5.02 Å². The van der Waals surface area contributed by atoms with E-state index in [1.807, 2.05) is 42.5 Å². The van der Waals surface area contributed by atoms with Crippen molar-refractivity contribution in [1.29, 1.82) is 0 Å². The van der Waals surface area contributed by atoms with Gasteiger partial charge in [0, 0.05) is 6.07 Å². The summed E-state index contributed by atoms with van der Waals surface area (Å²) in [5, 5.41) is 20.8. The molecular weight excluding hydrogens is 316 g/mol. The summed E-state index contributed by atoms with van der Waals surface area (Å²) in [6.45, 7) is 0.265. The van der Waals surface area contributed by atoms with Gasteiger partial charge >= 0.3 is 5.97 Å². The molecular formula is C18H13ClO4. The van der Waals surface area contributed by atoms with Gasteiger partial charge in [-0.15, -0.1) is 0 Å². The van der Waals surface area contributed by atoms with Crippen LogP contribution in [0.5, 0.6) is 11.5 Å². The van der Waals surface area contributed by atoms with Crippen LogP contribution >= 0.6 is 11.6 Å². The summed E-state index contributed by atoms with van der Waals surface area (Å²) < 4.78 is 5.67. The largest absolute Gasteiger partial charge is 0.505 e. The van der Waals surface area contributed by atoms with Crippen LogP contribution in [0, 0.1) is 0 Å². The summed E-state index contributed by atoms with van der Waals surface area (Å²) in [4.78, 5) is 11.1. The second-order valence-electron chi connectivity index (χ2n) is 5.03. The number of carboxylic acid groups (broad SMARTS) is 1. The van der Waals surface area contributed by atoms with E-state index in [-0.39, 0.29) is 22.9 Å². The van der Waals surface area contributed by atoms with Gasteiger partial charge in [0.2, 0.25) is 0 Å². The number of aromatic hydroxyl groups is 1. The third-order valence-electron chi connectivity index (χ3n) is 3.54. The van der Waals surface area contributed by atoms with Crippen molar-refractivity contribution in [1.82, 2.24) is 0 Å². The van der Waals surface area contributed by atoms with Crippen LogP contribution in [0.3, 0.4) is 0 Å². The summed E-state index contributed by atoms with van der Waals surface area (Å²) in [7, 11) is 0. The standard InChI is InChI=1S/C18H13ClO4/c19-16-9-13(8-15(17(16)20)18(21)22)23-10-12-6-3-5-11-4-1-2-7-14(11)12/h1-9,20H,10H2,(H,21,22). The lowest BCUT2D eigenvalue weighted by atomic mass is 10.1. The molecule has 0 amide bonds. The number of carbonyl (C=O) groups is 1. The Morgan fingerprint density at radius 2 is 1.83 bits per heavy atom. The molecule has 0 bridgehead atoms. The van der Waals surface area contributed by atoms with E-state index in [2.05, 4.69) is 0 Å². The van der Waals surface area contributed by atoms with Crippen molar-refractivity contribution < 1.29 is 19.7 Å². The molecule has 0 unspecified atom stereocenters. The van der Waals surface area contributed by atoms with Gasteiger partial charge in [0.25, 0.3) is 0 Å². The van der Waals surface area contributed by atoms with Gasteiger partial charge in [-0.05, 0) is 22.4 Å². The molecule has 4 nitrogen and oxygen atoms in total. The van der Waals surface area contributed by atoms with Crippen molar-refractivity contribution in [2.24, 2.45) is 0 Å². The Balaban J connectivity index is 1.90. The van der Waals surface area contributed by atoms with Gasteiger partial charge in [-0.1, -0.05) is 54.1 Å².